The van der Waals surface area contributed by atoms with E-state index in [1.807, 2.05) is 66.7 Å². The fourth-order valence-electron chi connectivity index (χ4n) is 8.21. The van der Waals surface area contributed by atoms with Gasteiger partial charge in [-0.05, 0) is 69.0 Å². The van der Waals surface area contributed by atoms with Crippen LogP contribution in [0.5, 0.6) is 0 Å². The predicted octanol–water partition coefficient (Wildman–Crippen LogP) is 4.28. The molecule has 7 atom stereocenters. The van der Waals surface area contributed by atoms with Gasteiger partial charge in [-0.3, -0.25) is 19.2 Å². The number of hydrogen-bond acceptors (Lipinski definition) is 9. The zero-order valence-corrected chi connectivity index (χ0v) is 32.1. The summed E-state index contributed by atoms with van der Waals surface area (Å²) in [6.45, 7) is 6.18. The van der Waals surface area contributed by atoms with Crippen LogP contribution in [0.2, 0.25) is 0 Å². The zero-order valence-electron chi connectivity index (χ0n) is 30.5. The Balaban J connectivity index is 1.46. The number of aliphatic hydroxyl groups excluding tert-OH is 1. The highest BCUT2D eigenvalue weighted by molar-refractivity contribution is 9.11. The number of carbonyl (C=O) groups is 4. The van der Waals surface area contributed by atoms with Crippen molar-refractivity contribution in [1.29, 1.82) is 0 Å². The average molecular weight is 794 g/mol. The van der Waals surface area contributed by atoms with Gasteiger partial charge in [0.1, 0.15) is 29.8 Å². The number of anilines is 2. The van der Waals surface area contributed by atoms with E-state index < -0.39 is 47.7 Å². The van der Waals surface area contributed by atoms with Crippen LogP contribution >= 0.6 is 15.9 Å². The van der Waals surface area contributed by atoms with Crippen molar-refractivity contribution in [3.05, 3.63) is 82.9 Å². The number of halogens is 1. The van der Waals surface area contributed by atoms with Gasteiger partial charge in [0, 0.05) is 62.2 Å². The summed E-state index contributed by atoms with van der Waals surface area (Å²) in [7, 11) is 1.51. The highest BCUT2D eigenvalue weighted by Crippen LogP contribution is 2.59. The van der Waals surface area contributed by atoms with Gasteiger partial charge < -0.3 is 39.3 Å². The normalized spacial score (nSPS) is 29.5. The monoisotopic (exact) mass is 792 g/mol. The fourth-order valence-corrected chi connectivity index (χ4v) is 8.94. The van der Waals surface area contributed by atoms with Crippen LogP contribution in [0, 0.1) is 11.8 Å². The Morgan fingerprint density at radius 3 is 2.40 bits per heavy atom. The number of nitrogens with one attached hydrogen (secondary N) is 1. The first-order chi connectivity index (χ1) is 25.7. The number of hydrogen-bond donors (Lipinski definition) is 2. The van der Waals surface area contributed by atoms with Crippen molar-refractivity contribution in [2.75, 3.05) is 56.3 Å². The van der Waals surface area contributed by atoms with Crippen LogP contribution in [0.4, 0.5) is 11.4 Å². The molecule has 12 nitrogen and oxygen atoms in total. The Morgan fingerprint density at radius 2 is 1.72 bits per heavy atom. The third-order valence-corrected chi connectivity index (χ3v) is 11.4. The summed E-state index contributed by atoms with van der Waals surface area (Å²) >= 11 is 3.63. The molecule has 5 bridgehead atoms. The van der Waals surface area contributed by atoms with E-state index in [9.17, 15) is 19.5 Å². The van der Waals surface area contributed by atoms with E-state index in [-0.39, 0.29) is 50.4 Å². The van der Waals surface area contributed by atoms with Crippen molar-refractivity contribution >= 4 is 51.0 Å². The van der Waals surface area contributed by atoms with Gasteiger partial charge in [0.15, 0.2) is 0 Å². The lowest BCUT2D eigenvalue weighted by atomic mass is 9.74. The number of likely N-dealkylation sites (tertiary alicyclic amines) is 1. The highest BCUT2D eigenvalue weighted by Gasteiger charge is 2.75. The van der Waals surface area contributed by atoms with Crippen molar-refractivity contribution < 1.29 is 38.5 Å². The number of unbranched alkanes of at least 4 members (excludes halogenated alkanes) is 1. The standard InChI is InChI=1S/C40H49BrN4O8/c1-4-43(5-2)27-17-19-28(20-18-27)44-21-11-7-10-16-31(47)42-30(25-51-3)34(26-14-8-6-9-15-26)52-39(50)32-33-37(48)45(22-12-13-23-46)36(38(44)49)40(33)24-29(41)35(32)53-40/h6-9,11,14-15,17-20,24,30,32-36,46H,4-5,10,12-13,16,21-23,25H2,1-3H3,(H,42,47)/b11-7-/t30-,32+,33-,34-,35+,36+,40-/m1/s1. The Labute approximate surface area is 319 Å². The van der Waals surface area contributed by atoms with Gasteiger partial charge in [-0.2, -0.15) is 0 Å². The summed E-state index contributed by atoms with van der Waals surface area (Å²) in [5.41, 5.74) is 0.840. The molecule has 0 unspecified atom stereocenters. The highest BCUT2D eigenvalue weighted by atomic mass is 79.9. The molecule has 3 amide bonds. The second-order valence-corrected chi connectivity index (χ2v) is 14.8. The lowest BCUT2D eigenvalue weighted by Gasteiger charge is -2.36. The lowest BCUT2D eigenvalue weighted by Crippen LogP contribution is -2.56. The smallest absolute Gasteiger partial charge is 0.313 e. The Morgan fingerprint density at radius 1 is 0.981 bits per heavy atom. The second-order valence-electron chi connectivity index (χ2n) is 13.8. The summed E-state index contributed by atoms with van der Waals surface area (Å²) in [5, 5.41) is 12.6. The van der Waals surface area contributed by atoms with Crippen molar-refractivity contribution in [2.24, 2.45) is 11.8 Å². The number of ether oxygens (including phenoxy) is 3. The van der Waals surface area contributed by atoms with Crippen LogP contribution in [0.3, 0.4) is 0 Å². The van der Waals surface area contributed by atoms with Crippen molar-refractivity contribution in [3.63, 3.8) is 0 Å². The third kappa shape index (κ3) is 7.53. The van der Waals surface area contributed by atoms with Crippen molar-refractivity contribution in [1.82, 2.24) is 10.2 Å². The first-order valence-electron chi connectivity index (χ1n) is 18.5. The van der Waals surface area contributed by atoms with Crippen LogP contribution < -0.4 is 15.1 Å². The molecule has 4 heterocycles. The fraction of sp³-hybridized carbons (Fsp3) is 0.500. The minimum Gasteiger partial charge on any atom is -0.455 e. The van der Waals surface area contributed by atoms with Crippen molar-refractivity contribution in [2.45, 2.75) is 69.4 Å². The minimum atomic E-state index is -1.46. The zero-order chi connectivity index (χ0) is 37.7. The van der Waals surface area contributed by atoms with E-state index in [4.69, 9.17) is 14.2 Å². The SMILES string of the molecule is CCN(CC)c1ccc(N2C/C=C\CCC(=O)N[C@H](COC)[C@@H](c3ccccc3)OC(=O)[C@@H]3[C@H]4O[C@@]5(C=C4Br)[C@H](C2=O)N(CCCCO)C(=O)[C@@H]35)cc1. The number of rotatable bonds is 11. The summed E-state index contributed by atoms with van der Waals surface area (Å²) in [6.07, 6.45) is 5.14. The molecule has 0 aromatic heterocycles. The quantitative estimate of drug-likeness (QED) is 0.194. The molecule has 2 aromatic rings. The van der Waals surface area contributed by atoms with Gasteiger partial charge in [0.2, 0.25) is 11.8 Å². The summed E-state index contributed by atoms with van der Waals surface area (Å²) < 4.78 is 19.1. The first-order valence-corrected chi connectivity index (χ1v) is 19.3. The molecule has 13 heteroatoms. The maximum absolute atomic E-state index is 15.2. The van der Waals surface area contributed by atoms with Gasteiger partial charge in [0.25, 0.3) is 5.91 Å². The molecule has 0 aliphatic carbocycles. The number of amides is 3. The van der Waals surface area contributed by atoms with E-state index in [1.165, 1.54) is 12.0 Å². The molecule has 2 fully saturated rings. The minimum absolute atomic E-state index is 0.0616. The third-order valence-electron chi connectivity index (χ3n) is 10.7. The number of fused-ring (bicyclic) bond motifs is 2. The molecular formula is C40H49BrN4O8. The predicted molar refractivity (Wildman–Crippen MR) is 203 cm³/mol. The van der Waals surface area contributed by atoms with E-state index in [0.717, 1.165) is 18.8 Å². The molecule has 0 radical (unpaired) electrons. The molecule has 53 heavy (non-hydrogen) atoms. The van der Waals surface area contributed by atoms with Crippen LogP contribution in [0.25, 0.3) is 0 Å². The molecule has 4 aliphatic rings. The first kappa shape index (κ1) is 38.7. The summed E-state index contributed by atoms with van der Waals surface area (Å²) in [6, 6.07) is 15.0. The van der Waals surface area contributed by atoms with E-state index >= 15 is 4.79 Å². The molecule has 6 rings (SSSR count). The maximum Gasteiger partial charge on any atom is 0.313 e. The molecule has 2 saturated heterocycles. The Kier molecular flexibility index (Phi) is 12.4. The summed E-state index contributed by atoms with van der Waals surface area (Å²) in [4.78, 5) is 63.1. The second kappa shape index (κ2) is 17.0. The number of carbonyl (C=O) groups excluding carboxylic acids is 4. The molecular weight excluding hydrogens is 744 g/mol. The van der Waals surface area contributed by atoms with Crippen LogP contribution in [-0.4, -0.2) is 104 Å². The van der Waals surface area contributed by atoms with Crippen LogP contribution in [0.1, 0.15) is 51.2 Å². The van der Waals surface area contributed by atoms with Crippen LogP contribution in [0.15, 0.2) is 77.3 Å². The number of aliphatic hydroxyl groups is 1. The lowest BCUT2D eigenvalue weighted by molar-refractivity contribution is -0.162. The summed E-state index contributed by atoms with van der Waals surface area (Å²) in [5.74, 6) is -3.80. The molecule has 2 aromatic carbocycles. The molecule has 0 saturated carbocycles. The molecule has 4 aliphatic heterocycles. The largest absolute Gasteiger partial charge is 0.455 e. The number of methoxy groups -OCH3 is 1. The average Bonchev–Trinajstić information content (AvgIpc) is 3.75. The van der Waals surface area contributed by atoms with Gasteiger partial charge in [-0.15, -0.1) is 0 Å². The van der Waals surface area contributed by atoms with Crippen LogP contribution in [-0.2, 0) is 33.4 Å². The van der Waals surface area contributed by atoms with Crippen molar-refractivity contribution in [3.8, 4) is 0 Å². The van der Waals surface area contributed by atoms with Gasteiger partial charge in [-0.1, -0.05) is 58.4 Å². The van der Waals surface area contributed by atoms with Gasteiger partial charge >= 0.3 is 5.97 Å². The topological polar surface area (TPSA) is 138 Å². The van der Waals surface area contributed by atoms with Gasteiger partial charge in [0.05, 0.1) is 18.6 Å². The number of allylic oxidation sites excluding steroid dienone is 1. The molecule has 1 spiro atoms. The Bertz CT molecular complexity index is 1700. The number of esters is 1. The van der Waals surface area contributed by atoms with E-state index in [2.05, 4.69) is 40.0 Å². The number of cyclic esters (lactones) is 1. The Hall–Kier alpha value is -4.04. The van der Waals surface area contributed by atoms with Gasteiger partial charge in [-0.25, -0.2) is 0 Å². The maximum atomic E-state index is 15.2. The molecule has 284 valence electrons. The van der Waals surface area contributed by atoms with E-state index in [1.54, 1.807) is 11.0 Å². The molecule has 2 N–H and O–H groups in total. The number of nitrogens with zero attached hydrogens (tertiary/aromatic N) is 3. The van der Waals surface area contributed by atoms with E-state index in [0.29, 0.717) is 35.0 Å². The number of benzene rings is 2.